The summed E-state index contributed by atoms with van der Waals surface area (Å²) in [6, 6.07) is 16.9. The molecule has 1 atom stereocenters. The zero-order chi connectivity index (χ0) is 25.3. The second-order valence-electron chi connectivity index (χ2n) is 8.77. The van der Waals surface area contributed by atoms with Gasteiger partial charge < -0.3 is 20.3 Å². The van der Waals surface area contributed by atoms with Crippen LogP contribution in [0.2, 0.25) is 5.02 Å². The highest BCUT2D eigenvalue weighted by molar-refractivity contribution is 9.10. The Morgan fingerprint density at radius 1 is 1.08 bits per heavy atom. The fourth-order valence-corrected chi connectivity index (χ4v) is 4.80. The molecule has 3 aromatic rings. The molecule has 10 heteroatoms. The smallest absolute Gasteiger partial charge is 0.388 e. The molecule has 1 aromatic heterocycles. The van der Waals surface area contributed by atoms with Gasteiger partial charge in [-0.25, -0.2) is 4.79 Å². The summed E-state index contributed by atoms with van der Waals surface area (Å²) >= 11 is 9.45. The molecule has 2 aromatic carbocycles. The fourth-order valence-electron chi connectivity index (χ4n) is 4.22. The fraction of sp³-hybridized carbons (Fsp3) is 0.346. The number of piperidine rings is 1. The third-order valence-electron chi connectivity index (χ3n) is 6.10. The molecule has 0 saturated carbocycles. The number of likely N-dealkylation sites (tertiary alicyclic amines) is 1. The molecule has 1 aliphatic heterocycles. The summed E-state index contributed by atoms with van der Waals surface area (Å²) in [6.07, 6.45) is 4.66. The van der Waals surface area contributed by atoms with Crippen molar-refractivity contribution in [3.05, 3.63) is 75.2 Å². The summed E-state index contributed by atoms with van der Waals surface area (Å²) in [6.45, 7) is 2.85. The van der Waals surface area contributed by atoms with E-state index in [0.29, 0.717) is 15.1 Å². The van der Waals surface area contributed by atoms with E-state index in [-0.39, 0.29) is 17.7 Å². The lowest BCUT2D eigenvalue weighted by molar-refractivity contribution is 0.102. The lowest BCUT2D eigenvalue weighted by Gasteiger charge is -2.30. The van der Waals surface area contributed by atoms with E-state index in [4.69, 9.17) is 16.3 Å². The zero-order valence-electron chi connectivity index (χ0n) is 19.8. The number of aryl methyl sites for hydroxylation is 1. The number of ether oxygens (including phenoxy) is 1. The lowest BCUT2D eigenvalue weighted by Crippen LogP contribution is -2.46. The largest absolute Gasteiger partial charge is 0.414 e. The van der Waals surface area contributed by atoms with E-state index >= 15 is 0 Å². The van der Waals surface area contributed by atoms with Gasteiger partial charge in [0.15, 0.2) is 0 Å². The van der Waals surface area contributed by atoms with Crippen molar-refractivity contribution in [3.63, 3.8) is 0 Å². The van der Waals surface area contributed by atoms with E-state index in [1.807, 2.05) is 18.2 Å². The monoisotopic (exact) mass is 573 g/mol. The molecule has 2 heterocycles. The molecule has 0 bridgehead atoms. The van der Waals surface area contributed by atoms with Crippen LogP contribution in [0.5, 0.6) is 5.88 Å². The van der Waals surface area contributed by atoms with Crippen LogP contribution in [0.15, 0.2) is 59.1 Å². The third kappa shape index (κ3) is 7.32. The summed E-state index contributed by atoms with van der Waals surface area (Å²) in [4.78, 5) is 27.7. The number of nitrogens with one attached hydrogen (secondary N) is 3. The molecule has 1 aliphatic rings. The molecular formula is C26H29BrClN5O3. The lowest BCUT2D eigenvalue weighted by atomic mass is 10.0. The first kappa shape index (κ1) is 26.2. The van der Waals surface area contributed by atoms with Crippen molar-refractivity contribution in [2.24, 2.45) is 0 Å². The van der Waals surface area contributed by atoms with Crippen LogP contribution in [-0.2, 0) is 6.42 Å². The number of benzene rings is 2. The first-order valence-corrected chi connectivity index (χ1v) is 13.2. The quantitative estimate of drug-likeness (QED) is 0.307. The minimum absolute atomic E-state index is 0.0294. The number of nitrogens with zero attached hydrogens (tertiary/aromatic N) is 2. The number of hydrogen-bond acceptors (Lipinski definition) is 5. The number of aromatic nitrogens is 2. The van der Waals surface area contributed by atoms with Gasteiger partial charge in [-0.05, 0) is 72.4 Å². The minimum Gasteiger partial charge on any atom is -0.388 e. The highest BCUT2D eigenvalue weighted by Gasteiger charge is 2.22. The van der Waals surface area contributed by atoms with Gasteiger partial charge >= 0.3 is 6.09 Å². The second kappa shape index (κ2) is 12.9. The first-order chi connectivity index (χ1) is 17.5. The molecule has 3 N–H and O–H groups in total. The topological polar surface area (TPSA) is 99.3 Å². The maximum atomic E-state index is 12.8. The Labute approximate surface area is 223 Å². The first-order valence-electron chi connectivity index (χ1n) is 12.0. The van der Waals surface area contributed by atoms with Crippen LogP contribution < -0.4 is 15.4 Å². The van der Waals surface area contributed by atoms with Crippen molar-refractivity contribution in [3.8, 4) is 5.88 Å². The molecule has 8 nitrogen and oxygen atoms in total. The Bertz CT molecular complexity index is 1170. The van der Waals surface area contributed by atoms with E-state index in [9.17, 15) is 9.59 Å². The molecule has 0 radical (unpaired) electrons. The maximum absolute atomic E-state index is 12.8. The minimum atomic E-state index is -0.596. The van der Waals surface area contributed by atoms with Crippen molar-refractivity contribution in [1.29, 1.82) is 0 Å². The van der Waals surface area contributed by atoms with Crippen LogP contribution in [-0.4, -0.2) is 52.8 Å². The summed E-state index contributed by atoms with van der Waals surface area (Å²) in [7, 11) is 0. The van der Waals surface area contributed by atoms with Crippen LogP contribution in [0, 0.1) is 0 Å². The summed E-state index contributed by atoms with van der Waals surface area (Å²) in [5, 5.41) is 12.7. The number of hydrogen-bond donors (Lipinski definition) is 3. The van der Waals surface area contributed by atoms with Crippen molar-refractivity contribution in [1.82, 2.24) is 20.4 Å². The molecule has 4 rings (SSSR count). The molecule has 190 valence electrons. The average Bonchev–Trinajstić information content (AvgIpc) is 3.22. The average molecular weight is 575 g/mol. The maximum Gasteiger partial charge on any atom is 0.414 e. The van der Waals surface area contributed by atoms with Crippen molar-refractivity contribution in [2.45, 2.75) is 38.1 Å². The van der Waals surface area contributed by atoms with Crippen molar-refractivity contribution < 1.29 is 14.3 Å². The zero-order valence-corrected chi connectivity index (χ0v) is 22.1. The Hall–Kier alpha value is -2.88. The number of anilines is 1. The van der Waals surface area contributed by atoms with Crippen LogP contribution in [0.4, 0.5) is 10.6 Å². The molecule has 0 unspecified atom stereocenters. The van der Waals surface area contributed by atoms with E-state index < -0.39 is 12.0 Å². The van der Waals surface area contributed by atoms with Gasteiger partial charge in [-0.2, -0.15) is 0 Å². The number of rotatable bonds is 9. The highest BCUT2D eigenvalue weighted by Crippen LogP contribution is 2.30. The van der Waals surface area contributed by atoms with Crippen LogP contribution in [0.3, 0.4) is 0 Å². The van der Waals surface area contributed by atoms with Crippen molar-refractivity contribution >= 4 is 45.3 Å². The van der Waals surface area contributed by atoms with Gasteiger partial charge in [0.25, 0.3) is 11.8 Å². The molecule has 0 spiro atoms. The number of aromatic amines is 1. The van der Waals surface area contributed by atoms with Gasteiger partial charge in [0.1, 0.15) is 10.3 Å². The molecule has 1 fully saturated rings. The number of halogens is 2. The molecule has 1 saturated heterocycles. The van der Waals surface area contributed by atoms with Gasteiger partial charge in [-0.3, -0.25) is 9.89 Å². The molecule has 2 amide bonds. The second-order valence-corrected chi connectivity index (χ2v) is 9.97. The number of H-pyrrole nitrogens is 1. The van der Waals surface area contributed by atoms with Gasteiger partial charge in [-0.15, -0.1) is 5.10 Å². The number of amides is 2. The Morgan fingerprint density at radius 2 is 1.81 bits per heavy atom. The third-order valence-corrected chi connectivity index (χ3v) is 7.16. The van der Waals surface area contributed by atoms with Gasteiger partial charge in [-0.1, -0.05) is 60.5 Å². The Balaban J connectivity index is 1.37. The molecule has 36 heavy (non-hydrogen) atoms. The van der Waals surface area contributed by atoms with Crippen LogP contribution >= 0.6 is 27.5 Å². The summed E-state index contributed by atoms with van der Waals surface area (Å²) in [5.41, 5.74) is 1.55. The summed E-state index contributed by atoms with van der Waals surface area (Å²) in [5.74, 6) is -0.123. The Morgan fingerprint density at radius 3 is 2.56 bits per heavy atom. The summed E-state index contributed by atoms with van der Waals surface area (Å²) < 4.78 is 5.80. The van der Waals surface area contributed by atoms with E-state index in [1.54, 1.807) is 24.3 Å². The standard InChI is InChI=1S/C26H29BrClN5O3/c27-22-23(30-24(34)20-11-5-6-12-21(20)28)31-32-25(22)36-26(35)29-19(17-33-15-7-2-8-16-33)14-13-18-9-3-1-4-10-18/h1,3-6,9-12,19H,2,7-8,13-17H2,(H,29,35)(H2,30,31,32,34)/t19-/m1/s1. The van der Waals surface area contributed by atoms with Gasteiger partial charge in [0, 0.05) is 12.6 Å². The molecule has 0 aliphatic carbocycles. The predicted octanol–water partition coefficient (Wildman–Crippen LogP) is 5.65. The molecular weight excluding hydrogens is 546 g/mol. The highest BCUT2D eigenvalue weighted by atomic mass is 79.9. The Kier molecular flexibility index (Phi) is 9.38. The van der Waals surface area contributed by atoms with Crippen molar-refractivity contribution in [2.75, 3.05) is 25.0 Å². The van der Waals surface area contributed by atoms with Gasteiger partial charge in [0.05, 0.1) is 10.6 Å². The number of carbonyl (C=O) groups is 2. The van der Waals surface area contributed by atoms with Crippen LogP contribution in [0.1, 0.15) is 41.6 Å². The SMILES string of the molecule is O=C(N[C@H](CCc1ccccc1)CN1CCCCC1)Oc1n[nH]c(NC(=O)c2ccccc2Cl)c1Br. The predicted molar refractivity (Wildman–Crippen MR) is 144 cm³/mol. The number of carbonyl (C=O) groups excluding carboxylic acids is 2. The van der Waals surface area contributed by atoms with E-state index in [0.717, 1.165) is 32.5 Å². The van der Waals surface area contributed by atoms with Gasteiger partial charge in [0.2, 0.25) is 0 Å². The normalized spacial score (nSPS) is 14.7. The van der Waals surface area contributed by atoms with E-state index in [2.05, 4.69) is 53.8 Å². The van der Waals surface area contributed by atoms with E-state index in [1.165, 1.54) is 24.8 Å². The van der Waals surface area contributed by atoms with Crippen LogP contribution in [0.25, 0.3) is 0 Å².